The number of carbonyl (C=O) groups is 1. The van der Waals surface area contributed by atoms with E-state index in [9.17, 15) is 13.2 Å². The van der Waals surface area contributed by atoms with E-state index < -0.39 is 21.3 Å². The number of hydrogen-bond acceptors (Lipinski definition) is 4. The molecule has 0 heterocycles. The topological polar surface area (TPSA) is 104 Å². The third-order valence-electron chi connectivity index (χ3n) is 1.35. The van der Waals surface area contributed by atoms with Crippen LogP contribution < -0.4 is 5.32 Å². The van der Waals surface area contributed by atoms with Crippen LogP contribution in [0.5, 0.6) is 0 Å². The van der Waals surface area contributed by atoms with Crippen molar-refractivity contribution in [1.82, 2.24) is 5.32 Å². The highest BCUT2D eigenvalue weighted by molar-refractivity contribution is 7.87. The van der Waals surface area contributed by atoms with Gasteiger partial charge < -0.3 is 10.4 Å². The molecule has 0 aromatic carbocycles. The van der Waals surface area contributed by atoms with Crippen LogP contribution in [-0.4, -0.2) is 41.9 Å². The van der Waals surface area contributed by atoms with Crippen molar-refractivity contribution in [1.29, 1.82) is 0 Å². The largest absolute Gasteiger partial charge is 0.480 e. The minimum absolute atomic E-state index is 0.0383. The molecule has 6 nitrogen and oxygen atoms in total. The summed E-state index contributed by atoms with van der Waals surface area (Å²) >= 11 is 0. The van der Waals surface area contributed by atoms with Gasteiger partial charge in [-0.15, -0.1) is 0 Å². The Hall–Kier alpha value is -0.660. The molecule has 13 heavy (non-hydrogen) atoms. The normalized spacial score (nSPS) is 14.5. The van der Waals surface area contributed by atoms with Crippen LogP contribution in [0.15, 0.2) is 0 Å². The second kappa shape index (κ2) is 4.54. The zero-order valence-electron chi connectivity index (χ0n) is 7.39. The molecule has 3 N–H and O–H groups in total. The number of rotatable bonds is 5. The van der Waals surface area contributed by atoms with Gasteiger partial charge in [0.1, 0.15) is 0 Å². The molecule has 0 rings (SSSR count). The first-order chi connectivity index (χ1) is 5.75. The summed E-state index contributed by atoms with van der Waals surface area (Å²) in [5.74, 6) is -1.56. The Morgan fingerprint density at radius 3 is 2.15 bits per heavy atom. The number of nitrogens with one attached hydrogen (secondary N) is 1. The molecule has 0 saturated carbocycles. The fourth-order valence-corrected chi connectivity index (χ4v) is 1.22. The molecule has 0 saturated heterocycles. The molecule has 0 radical (unpaired) electrons. The molecule has 0 spiro atoms. The Labute approximate surface area is 76.7 Å². The molecular formula is C6H13NO5S. The minimum atomic E-state index is -4.52. The first-order valence-electron chi connectivity index (χ1n) is 3.67. The summed E-state index contributed by atoms with van der Waals surface area (Å²) in [6.07, 6.45) is 0. The molecule has 0 fully saturated rings. The highest BCUT2D eigenvalue weighted by atomic mass is 32.2. The maximum absolute atomic E-state index is 10.5. The molecular weight excluding hydrogens is 198 g/mol. The van der Waals surface area contributed by atoms with Crippen LogP contribution in [0.3, 0.4) is 0 Å². The quantitative estimate of drug-likeness (QED) is 0.521. The highest BCUT2D eigenvalue weighted by Gasteiger charge is 2.30. The third-order valence-corrected chi connectivity index (χ3v) is 2.43. The summed E-state index contributed by atoms with van der Waals surface area (Å²) in [5, 5.41) is 9.26. The summed E-state index contributed by atoms with van der Waals surface area (Å²) < 4.78 is 29.6. The Morgan fingerprint density at radius 1 is 1.46 bits per heavy atom. The molecule has 78 valence electrons. The second-order valence-corrected chi connectivity index (χ2v) is 4.50. The summed E-state index contributed by atoms with van der Waals surface area (Å²) in [5.41, 5.74) is 0. The molecule has 0 aliphatic rings. The lowest BCUT2D eigenvalue weighted by atomic mass is 10.3. The number of carboxylic acids is 1. The van der Waals surface area contributed by atoms with E-state index >= 15 is 0 Å². The third kappa shape index (κ3) is 4.81. The summed E-state index contributed by atoms with van der Waals surface area (Å²) in [7, 11) is -4.52. The van der Waals surface area contributed by atoms with Gasteiger partial charge in [0, 0.05) is 12.6 Å². The fourth-order valence-electron chi connectivity index (χ4n) is 0.663. The van der Waals surface area contributed by atoms with E-state index in [1.165, 1.54) is 0 Å². The van der Waals surface area contributed by atoms with Crippen LogP contribution in [0.4, 0.5) is 0 Å². The van der Waals surface area contributed by atoms with Crippen molar-refractivity contribution in [3.8, 4) is 0 Å². The van der Waals surface area contributed by atoms with Crippen molar-refractivity contribution in [3.05, 3.63) is 0 Å². The van der Waals surface area contributed by atoms with Crippen LogP contribution >= 0.6 is 0 Å². The van der Waals surface area contributed by atoms with Gasteiger partial charge in [-0.3, -0.25) is 9.35 Å². The van der Waals surface area contributed by atoms with E-state index in [1.807, 2.05) is 0 Å². The van der Waals surface area contributed by atoms with E-state index in [-0.39, 0.29) is 12.6 Å². The Kier molecular flexibility index (Phi) is 4.31. The Bertz CT molecular complexity index is 271. The molecule has 7 heteroatoms. The lowest BCUT2D eigenvalue weighted by molar-refractivity contribution is -0.136. The maximum Gasteiger partial charge on any atom is 0.325 e. The van der Waals surface area contributed by atoms with E-state index in [4.69, 9.17) is 9.66 Å². The monoisotopic (exact) mass is 211 g/mol. The van der Waals surface area contributed by atoms with Crippen molar-refractivity contribution in [3.63, 3.8) is 0 Å². The van der Waals surface area contributed by atoms with Gasteiger partial charge in [0.05, 0.1) is 0 Å². The number of aliphatic carboxylic acids is 1. The zero-order valence-corrected chi connectivity index (χ0v) is 8.21. The van der Waals surface area contributed by atoms with Gasteiger partial charge in [-0.25, -0.2) is 0 Å². The van der Waals surface area contributed by atoms with Crippen LogP contribution in [0.2, 0.25) is 0 Å². The van der Waals surface area contributed by atoms with Gasteiger partial charge in [-0.1, -0.05) is 13.8 Å². The van der Waals surface area contributed by atoms with Crippen molar-refractivity contribution in [2.45, 2.75) is 25.1 Å². The Balaban J connectivity index is 4.39. The standard InChI is InChI=1S/C6H13NO5S/c1-4(2)7-3-5(6(8)9)13(10,11)12/h4-5,7H,3H2,1-2H3,(H,8,9)(H,10,11,12). The van der Waals surface area contributed by atoms with Crippen molar-refractivity contribution in [2.24, 2.45) is 0 Å². The maximum atomic E-state index is 10.5. The van der Waals surface area contributed by atoms with Gasteiger partial charge in [0.2, 0.25) is 0 Å². The number of hydrogen-bond donors (Lipinski definition) is 3. The van der Waals surface area contributed by atoms with Crippen molar-refractivity contribution in [2.75, 3.05) is 6.54 Å². The fraction of sp³-hybridized carbons (Fsp3) is 0.833. The molecule has 0 aliphatic heterocycles. The highest BCUT2D eigenvalue weighted by Crippen LogP contribution is 1.98. The Morgan fingerprint density at radius 2 is 1.92 bits per heavy atom. The molecule has 1 atom stereocenters. The van der Waals surface area contributed by atoms with Crippen molar-refractivity contribution < 1.29 is 22.9 Å². The molecule has 0 bridgehead atoms. The summed E-state index contributed by atoms with van der Waals surface area (Å²) in [4.78, 5) is 10.4. The van der Waals surface area contributed by atoms with Crippen LogP contribution in [0, 0.1) is 0 Å². The summed E-state index contributed by atoms with van der Waals surface area (Å²) in [6, 6.07) is -0.0383. The first kappa shape index (κ1) is 12.3. The average Bonchev–Trinajstić information content (AvgIpc) is 1.81. The number of carboxylic acid groups (broad SMARTS) is 1. The van der Waals surface area contributed by atoms with Gasteiger partial charge in [0.25, 0.3) is 10.1 Å². The first-order valence-corrected chi connectivity index (χ1v) is 5.18. The van der Waals surface area contributed by atoms with Crippen molar-refractivity contribution >= 4 is 16.1 Å². The van der Waals surface area contributed by atoms with E-state index in [0.29, 0.717) is 0 Å². The molecule has 0 aromatic heterocycles. The lowest BCUT2D eigenvalue weighted by Crippen LogP contribution is -2.41. The van der Waals surface area contributed by atoms with Crippen LogP contribution in [0.1, 0.15) is 13.8 Å². The molecule has 0 amide bonds. The van der Waals surface area contributed by atoms with Gasteiger partial charge in [0.15, 0.2) is 5.25 Å². The average molecular weight is 211 g/mol. The molecule has 0 aliphatic carbocycles. The van der Waals surface area contributed by atoms with E-state index in [0.717, 1.165) is 0 Å². The van der Waals surface area contributed by atoms with Gasteiger partial charge >= 0.3 is 5.97 Å². The second-order valence-electron chi connectivity index (χ2n) is 2.90. The van der Waals surface area contributed by atoms with E-state index in [1.54, 1.807) is 13.8 Å². The predicted octanol–water partition coefficient (Wildman–Crippen LogP) is -0.675. The summed E-state index contributed by atoms with van der Waals surface area (Å²) in [6.45, 7) is 3.18. The van der Waals surface area contributed by atoms with Gasteiger partial charge in [-0.05, 0) is 0 Å². The zero-order chi connectivity index (χ0) is 10.6. The lowest BCUT2D eigenvalue weighted by Gasteiger charge is -2.12. The van der Waals surface area contributed by atoms with E-state index in [2.05, 4.69) is 5.32 Å². The van der Waals surface area contributed by atoms with Crippen LogP contribution in [0.25, 0.3) is 0 Å². The minimum Gasteiger partial charge on any atom is -0.480 e. The molecule has 0 aromatic rings. The van der Waals surface area contributed by atoms with Crippen LogP contribution in [-0.2, 0) is 14.9 Å². The predicted molar refractivity (Wildman–Crippen MR) is 46.1 cm³/mol. The van der Waals surface area contributed by atoms with Gasteiger partial charge in [-0.2, -0.15) is 8.42 Å². The SMILES string of the molecule is CC(C)NCC(C(=O)O)S(=O)(=O)O. The molecule has 1 unspecified atom stereocenters. The smallest absolute Gasteiger partial charge is 0.325 e.